The van der Waals surface area contributed by atoms with Gasteiger partial charge in [-0.15, -0.1) is 11.3 Å². The number of amides is 1. The minimum atomic E-state index is -1.05. The van der Waals surface area contributed by atoms with Crippen molar-refractivity contribution in [3.63, 3.8) is 0 Å². The molecule has 0 spiro atoms. The van der Waals surface area contributed by atoms with Crippen molar-refractivity contribution in [2.45, 2.75) is 45.8 Å². The summed E-state index contributed by atoms with van der Waals surface area (Å²) in [6.07, 6.45) is 0.0640. The van der Waals surface area contributed by atoms with Gasteiger partial charge in [0.15, 0.2) is 6.04 Å². The minimum absolute atomic E-state index is 0.337. The van der Waals surface area contributed by atoms with E-state index >= 15 is 0 Å². The number of rotatable bonds is 5. The molecule has 1 aromatic rings. The van der Waals surface area contributed by atoms with E-state index in [0.29, 0.717) is 17.8 Å². The summed E-state index contributed by atoms with van der Waals surface area (Å²) in [4.78, 5) is 25.7. The highest BCUT2D eigenvalue weighted by Gasteiger charge is 2.34. The van der Waals surface area contributed by atoms with Crippen LogP contribution in [0, 0.1) is 0 Å². The Hall–Kier alpha value is -1.56. The molecule has 0 saturated heterocycles. The molecule has 1 aromatic heterocycles. The van der Waals surface area contributed by atoms with Gasteiger partial charge in [0.25, 0.3) is 0 Å². The van der Waals surface area contributed by atoms with Crippen molar-refractivity contribution in [1.29, 1.82) is 0 Å². The average molecular weight is 299 g/mol. The summed E-state index contributed by atoms with van der Waals surface area (Å²) in [7, 11) is 0. The van der Waals surface area contributed by atoms with Crippen molar-refractivity contribution in [2.75, 3.05) is 6.54 Å². The lowest BCUT2D eigenvalue weighted by molar-refractivity contribution is -0.143. The Labute approximate surface area is 123 Å². The summed E-state index contributed by atoms with van der Waals surface area (Å²) in [6, 6.07) is 2.50. The Morgan fingerprint density at radius 2 is 2.10 bits per heavy atom. The van der Waals surface area contributed by atoms with Crippen molar-refractivity contribution in [2.24, 2.45) is 0 Å². The number of ether oxygens (including phenoxy) is 1. The van der Waals surface area contributed by atoms with Crippen LogP contribution in [-0.2, 0) is 9.53 Å². The van der Waals surface area contributed by atoms with E-state index in [1.54, 1.807) is 38.3 Å². The highest BCUT2D eigenvalue weighted by Crippen LogP contribution is 2.27. The van der Waals surface area contributed by atoms with Crippen LogP contribution in [0.25, 0.3) is 0 Å². The molecule has 0 radical (unpaired) electrons. The van der Waals surface area contributed by atoms with Crippen LogP contribution in [-0.4, -0.2) is 34.2 Å². The highest BCUT2D eigenvalue weighted by molar-refractivity contribution is 7.10. The maximum absolute atomic E-state index is 12.2. The number of thiophene rings is 1. The van der Waals surface area contributed by atoms with Gasteiger partial charge in [-0.05, 0) is 38.6 Å². The number of hydrogen-bond acceptors (Lipinski definition) is 4. The average Bonchev–Trinajstić information content (AvgIpc) is 2.79. The number of carboxylic acids is 1. The summed E-state index contributed by atoms with van der Waals surface area (Å²) in [5, 5.41) is 11.2. The van der Waals surface area contributed by atoms with E-state index in [4.69, 9.17) is 4.74 Å². The van der Waals surface area contributed by atoms with Crippen LogP contribution in [0.1, 0.15) is 45.0 Å². The molecule has 20 heavy (non-hydrogen) atoms. The van der Waals surface area contributed by atoms with Gasteiger partial charge in [-0.25, -0.2) is 9.59 Å². The molecule has 0 fully saturated rings. The molecule has 1 N–H and O–H groups in total. The van der Waals surface area contributed by atoms with Gasteiger partial charge >= 0.3 is 12.1 Å². The molecule has 0 aromatic carbocycles. The minimum Gasteiger partial charge on any atom is -0.479 e. The van der Waals surface area contributed by atoms with Gasteiger partial charge in [0.05, 0.1) is 0 Å². The quantitative estimate of drug-likeness (QED) is 0.903. The van der Waals surface area contributed by atoms with Gasteiger partial charge in [-0.2, -0.15) is 0 Å². The first kappa shape index (κ1) is 16.5. The van der Waals surface area contributed by atoms with E-state index in [2.05, 4.69) is 0 Å². The van der Waals surface area contributed by atoms with Crippen molar-refractivity contribution in [3.8, 4) is 0 Å². The van der Waals surface area contributed by atoms with E-state index in [1.807, 2.05) is 6.92 Å². The summed E-state index contributed by atoms with van der Waals surface area (Å²) >= 11 is 1.32. The molecule has 1 amide bonds. The molecule has 1 rings (SSSR count). The second-order valence-electron chi connectivity index (χ2n) is 5.43. The fourth-order valence-corrected chi connectivity index (χ4v) is 2.57. The third-order valence-electron chi connectivity index (χ3n) is 2.45. The fourth-order valence-electron chi connectivity index (χ4n) is 1.74. The Bertz CT molecular complexity index is 450. The van der Waals surface area contributed by atoms with Gasteiger partial charge < -0.3 is 9.84 Å². The van der Waals surface area contributed by atoms with E-state index in [-0.39, 0.29) is 0 Å². The molecular weight excluding hydrogens is 278 g/mol. The standard InChI is InChI=1S/C14H21NO4S/c1-5-8-15(13(18)19-14(2,3)4)11(12(16)17)10-7-6-9-20-10/h6-7,9,11H,5,8H2,1-4H3,(H,16,17). The smallest absolute Gasteiger partial charge is 0.411 e. The monoisotopic (exact) mass is 299 g/mol. The predicted molar refractivity (Wildman–Crippen MR) is 77.9 cm³/mol. The molecule has 5 nitrogen and oxygen atoms in total. The third kappa shape index (κ3) is 4.52. The Morgan fingerprint density at radius 3 is 2.50 bits per heavy atom. The molecule has 0 aliphatic carbocycles. The van der Waals surface area contributed by atoms with Crippen molar-refractivity contribution >= 4 is 23.4 Å². The van der Waals surface area contributed by atoms with Gasteiger partial charge in [0.1, 0.15) is 5.60 Å². The van der Waals surface area contributed by atoms with E-state index in [0.717, 1.165) is 0 Å². The SMILES string of the molecule is CCCN(C(=O)OC(C)(C)C)C(C(=O)O)c1cccs1. The fraction of sp³-hybridized carbons (Fsp3) is 0.571. The third-order valence-corrected chi connectivity index (χ3v) is 3.38. The highest BCUT2D eigenvalue weighted by atomic mass is 32.1. The zero-order valence-corrected chi connectivity index (χ0v) is 13.1. The maximum Gasteiger partial charge on any atom is 0.411 e. The number of aliphatic carboxylic acids is 1. The second kappa shape index (κ2) is 6.74. The topological polar surface area (TPSA) is 66.8 Å². The first-order valence-electron chi connectivity index (χ1n) is 6.52. The van der Waals surface area contributed by atoms with Gasteiger partial charge in [-0.1, -0.05) is 13.0 Å². The maximum atomic E-state index is 12.2. The predicted octanol–water partition coefficient (Wildman–Crippen LogP) is 3.52. The second-order valence-corrected chi connectivity index (χ2v) is 6.41. The van der Waals surface area contributed by atoms with Crippen LogP contribution in [0.5, 0.6) is 0 Å². The van der Waals surface area contributed by atoms with Crippen LogP contribution in [0.15, 0.2) is 17.5 Å². The lowest BCUT2D eigenvalue weighted by atomic mass is 10.2. The number of hydrogen-bond donors (Lipinski definition) is 1. The van der Waals surface area contributed by atoms with Crippen molar-refractivity contribution in [3.05, 3.63) is 22.4 Å². The molecule has 112 valence electrons. The molecule has 0 saturated carbocycles. The first-order valence-corrected chi connectivity index (χ1v) is 7.40. The Balaban J connectivity index is 3.03. The molecule has 0 aliphatic heterocycles. The molecule has 1 atom stereocenters. The lowest BCUT2D eigenvalue weighted by Gasteiger charge is -2.30. The zero-order valence-electron chi connectivity index (χ0n) is 12.3. The molecule has 0 bridgehead atoms. The molecule has 1 heterocycles. The van der Waals surface area contributed by atoms with Crippen LogP contribution in [0.4, 0.5) is 4.79 Å². The Kier molecular flexibility index (Phi) is 5.56. The molecule has 1 unspecified atom stereocenters. The number of nitrogens with zero attached hydrogens (tertiary/aromatic N) is 1. The number of carboxylic acid groups (broad SMARTS) is 1. The zero-order chi connectivity index (χ0) is 15.3. The largest absolute Gasteiger partial charge is 0.479 e. The normalized spacial score (nSPS) is 12.8. The number of carbonyl (C=O) groups is 2. The van der Waals surface area contributed by atoms with Crippen molar-refractivity contribution in [1.82, 2.24) is 4.90 Å². The van der Waals surface area contributed by atoms with E-state index in [1.165, 1.54) is 16.2 Å². The first-order chi connectivity index (χ1) is 9.26. The van der Waals surface area contributed by atoms with Crippen LogP contribution >= 0.6 is 11.3 Å². The summed E-state index contributed by atoms with van der Waals surface area (Å²) in [5.41, 5.74) is -0.651. The summed E-state index contributed by atoms with van der Waals surface area (Å²) < 4.78 is 5.31. The molecular formula is C14H21NO4S. The van der Waals surface area contributed by atoms with Crippen molar-refractivity contribution < 1.29 is 19.4 Å². The van der Waals surface area contributed by atoms with Crippen LogP contribution in [0.2, 0.25) is 0 Å². The molecule has 0 aliphatic rings. The van der Waals surface area contributed by atoms with E-state index < -0.39 is 23.7 Å². The van der Waals surface area contributed by atoms with Gasteiger partial charge in [0, 0.05) is 11.4 Å². The van der Waals surface area contributed by atoms with Gasteiger partial charge in [0.2, 0.25) is 0 Å². The lowest BCUT2D eigenvalue weighted by Crippen LogP contribution is -2.42. The van der Waals surface area contributed by atoms with E-state index in [9.17, 15) is 14.7 Å². The van der Waals surface area contributed by atoms with Crippen LogP contribution < -0.4 is 0 Å². The van der Waals surface area contributed by atoms with Gasteiger partial charge in [-0.3, -0.25) is 4.90 Å². The molecule has 6 heteroatoms. The summed E-state index contributed by atoms with van der Waals surface area (Å²) in [6.45, 7) is 7.51. The summed E-state index contributed by atoms with van der Waals surface area (Å²) in [5.74, 6) is -1.05. The van der Waals surface area contributed by atoms with Crippen LogP contribution in [0.3, 0.4) is 0 Å². The number of carbonyl (C=O) groups excluding carboxylic acids is 1. The Morgan fingerprint density at radius 1 is 1.45 bits per heavy atom.